The number of ether oxygens (including phenoxy) is 1. The predicted molar refractivity (Wildman–Crippen MR) is 103 cm³/mol. The molecule has 0 radical (unpaired) electrons. The Morgan fingerprint density at radius 3 is 2.65 bits per heavy atom. The molecule has 5 heteroatoms. The first-order valence-electron chi connectivity index (χ1n) is 9.00. The lowest BCUT2D eigenvalue weighted by Crippen LogP contribution is -2.35. The summed E-state index contributed by atoms with van der Waals surface area (Å²) in [4.78, 5) is 16.6. The van der Waals surface area contributed by atoms with E-state index < -0.39 is 0 Å². The van der Waals surface area contributed by atoms with Crippen molar-refractivity contribution in [3.8, 4) is 0 Å². The van der Waals surface area contributed by atoms with Gasteiger partial charge < -0.3 is 19.0 Å². The standard InChI is InChI=1S/C21H26N2O3/c1-22(2)18-9-7-17(8-10-18)15-23(16-20-6-4-14-26-20)21(24)12-11-19-5-3-13-25-19/h3,5,7-13,20H,4,6,14-16H2,1-2H3/b12-11+/t20-/m1/s1. The van der Waals surface area contributed by atoms with Crippen molar-refractivity contribution in [2.75, 3.05) is 32.1 Å². The van der Waals surface area contributed by atoms with E-state index in [9.17, 15) is 4.79 Å². The van der Waals surface area contributed by atoms with Gasteiger partial charge in [-0.05, 0) is 48.7 Å². The largest absolute Gasteiger partial charge is 0.465 e. The average Bonchev–Trinajstić information content (AvgIpc) is 3.33. The van der Waals surface area contributed by atoms with Crippen molar-refractivity contribution in [1.29, 1.82) is 0 Å². The molecule has 0 spiro atoms. The molecule has 0 unspecified atom stereocenters. The molecule has 0 saturated carbocycles. The van der Waals surface area contributed by atoms with Crippen LogP contribution in [0.3, 0.4) is 0 Å². The zero-order valence-electron chi connectivity index (χ0n) is 15.4. The number of benzene rings is 1. The third-order valence-electron chi connectivity index (χ3n) is 4.52. The summed E-state index contributed by atoms with van der Waals surface area (Å²) in [5.41, 5.74) is 2.25. The maximum atomic E-state index is 12.7. The molecule has 1 aliphatic heterocycles. The first kappa shape index (κ1) is 18.3. The molecule has 3 rings (SSSR count). The van der Waals surface area contributed by atoms with E-state index in [4.69, 9.17) is 9.15 Å². The van der Waals surface area contributed by atoms with Crippen LogP contribution in [-0.2, 0) is 16.1 Å². The Morgan fingerprint density at radius 2 is 2.04 bits per heavy atom. The molecular formula is C21H26N2O3. The Hall–Kier alpha value is -2.53. The third kappa shape index (κ3) is 4.99. The van der Waals surface area contributed by atoms with Gasteiger partial charge in [0.1, 0.15) is 5.76 Å². The first-order valence-corrected chi connectivity index (χ1v) is 9.00. The third-order valence-corrected chi connectivity index (χ3v) is 4.52. The van der Waals surface area contributed by atoms with E-state index in [0.29, 0.717) is 18.8 Å². The van der Waals surface area contributed by atoms with Gasteiger partial charge in [-0.2, -0.15) is 0 Å². The van der Waals surface area contributed by atoms with Gasteiger partial charge in [0, 0.05) is 45.6 Å². The number of hydrogen-bond donors (Lipinski definition) is 0. The summed E-state index contributed by atoms with van der Waals surface area (Å²) in [6, 6.07) is 11.9. The van der Waals surface area contributed by atoms with Crippen LogP contribution in [0.5, 0.6) is 0 Å². The number of furan rings is 1. The van der Waals surface area contributed by atoms with Crippen LogP contribution in [0, 0.1) is 0 Å². The van der Waals surface area contributed by atoms with Gasteiger partial charge in [0.2, 0.25) is 5.91 Å². The van der Waals surface area contributed by atoms with Crippen LogP contribution in [-0.4, -0.2) is 44.2 Å². The predicted octanol–water partition coefficient (Wildman–Crippen LogP) is 3.57. The monoisotopic (exact) mass is 354 g/mol. The number of carbonyl (C=O) groups is 1. The van der Waals surface area contributed by atoms with Crippen molar-refractivity contribution in [2.24, 2.45) is 0 Å². The summed E-state index contributed by atoms with van der Waals surface area (Å²) in [5.74, 6) is 0.638. The lowest BCUT2D eigenvalue weighted by Gasteiger charge is -2.25. The molecule has 1 amide bonds. The highest BCUT2D eigenvalue weighted by molar-refractivity contribution is 5.91. The van der Waals surface area contributed by atoms with E-state index in [2.05, 4.69) is 29.2 Å². The van der Waals surface area contributed by atoms with Crippen molar-refractivity contribution in [3.63, 3.8) is 0 Å². The Kier molecular flexibility index (Phi) is 6.12. The summed E-state index contributed by atoms with van der Waals surface area (Å²) in [6.07, 6.45) is 7.07. The molecule has 1 atom stereocenters. The smallest absolute Gasteiger partial charge is 0.247 e. The van der Waals surface area contributed by atoms with Crippen LogP contribution in [0.4, 0.5) is 5.69 Å². The van der Waals surface area contributed by atoms with Crippen molar-refractivity contribution in [3.05, 3.63) is 60.1 Å². The molecule has 0 bridgehead atoms. The van der Waals surface area contributed by atoms with Gasteiger partial charge in [-0.1, -0.05) is 12.1 Å². The number of carbonyl (C=O) groups excluding carboxylic acids is 1. The summed E-state index contributed by atoms with van der Waals surface area (Å²) in [6.45, 7) is 1.96. The highest BCUT2D eigenvalue weighted by Crippen LogP contribution is 2.18. The van der Waals surface area contributed by atoms with Crippen molar-refractivity contribution >= 4 is 17.7 Å². The molecule has 26 heavy (non-hydrogen) atoms. The minimum Gasteiger partial charge on any atom is -0.465 e. The summed E-state index contributed by atoms with van der Waals surface area (Å²) in [7, 11) is 4.03. The topological polar surface area (TPSA) is 45.9 Å². The molecule has 1 aromatic carbocycles. The minimum absolute atomic E-state index is 0.0337. The van der Waals surface area contributed by atoms with E-state index in [1.54, 1.807) is 24.5 Å². The molecule has 0 aliphatic carbocycles. The lowest BCUT2D eigenvalue weighted by molar-refractivity contribution is -0.128. The van der Waals surface area contributed by atoms with Crippen molar-refractivity contribution in [1.82, 2.24) is 4.90 Å². The normalized spacial score (nSPS) is 16.9. The Balaban J connectivity index is 1.70. The van der Waals surface area contributed by atoms with Crippen LogP contribution in [0.2, 0.25) is 0 Å². The van der Waals surface area contributed by atoms with Gasteiger partial charge in [-0.25, -0.2) is 0 Å². The zero-order valence-corrected chi connectivity index (χ0v) is 15.4. The lowest BCUT2D eigenvalue weighted by atomic mass is 10.1. The van der Waals surface area contributed by atoms with Crippen molar-refractivity contribution < 1.29 is 13.9 Å². The second kappa shape index (κ2) is 8.72. The number of nitrogens with zero attached hydrogens (tertiary/aromatic N) is 2. The van der Waals surface area contributed by atoms with Gasteiger partial charge >= 0.3 is 0 Å². The van der Waals surface area contributed by atoms with Gasteiger partial charge in [-0.15, -0.1) is 0 Å². The van der Waals surface area contributed by atoms with E-state index in [-0.39, 0.29) is 12.0 Å². The molecular weight excluding hydrogens is 328 g/mol. The molecule has 2 aromatic rings. The van der Waals surface area contributed by atoms with Gasteiger partial charge in [0.05, 0.1) is 12.4 Å². The molecule has 138 valence electrons. The second-order valence-corrected chi connectivity index (χ2v) is 6.76. The summed E-state index contributed by atoms with van der Waals surface area (Å²) >= 11 is 0. The Bertz CT molecular complexity index is 714. The fourth-order valence-corrected chi connectivity index (χ4v) is 3.03. The molecule has 0 N–H and O–H groups in total. The van der Waals surface area contributed by atoms with Crippen molar-refractivity contribution in [2.45, 2.75) is 25.5 Å². The first-order chi connectivity index (χ1) is 12.6. The van der Waals surface area contributed by atoms with E-state index in [1.165, 1.54) is 0 Å². The van der Waals surface area contributed by atoms with Gasteiger partial charge in [0.15, 0.2) is 0 Å². The average molecular weight is 354 g/mol. The SMILES string of the molecule is CN(C)c1ccc(CN(C[C@H]2CCCO2)C(=O)/C=C/c2ccco2)cc1. The van der Waals surface area contributed by atoms with Crippen LogP contribution in [0.1, 0.15) is 24.2 Å². The summed E-state index contributed by atoms with van der Waals surface area (Å²) < 4.78 is 11.0. The van der Waals surface area contributed by atoms with Crippen LogP contribution >= 0.6 is 0 Å². The molecule has 1 aromatic heterocycles. The summed E-state index contributed by atoms with van der Waals surface area (Å²) in [5, 5.41) is 0. The van der Waals surface area contributed by atoms with E-state index in [0.717, 1.165) is 30.7 Å². The fraction of sp³-hybridized carbons (Fsp3) is 0.381. The molecule has 2 heterocycles. The Morgan fingerprint density at radius 1 is 1.23 bits per heavy atom. The minimum atomic E-state index is -0.0337. The number of rotatable bonds is 7. The molecule has 5 nitrogen and oxygen atoms in total. The maximum absolute atomic E-state index is 12.7. The van der Waals surface area contributed by atoms with Gasteiger partial charge in [0.25, 0.3) is 0 Å². The number of hydrogen-bond acceptors (Lipinski definition) is 4. The van der Waals surface area contributed by atoms with E-state index >= 15 is 0 Å². The highest BCUT2D eigenvalue weighted by atomic mass is 16.5. The number of anilines is 1. The zero-order chi connectivity index (χ0) is 18.4. The fourth-order valence-electron chi connectivity index (χ4n) is 3.03. The second-order valence-electron chi connectivity index (χ2n) is 6.76. The maximum Gasteiger partial charge on any atom is 0.247 e. The quantitative estimate of drug-likeness (QED) is 0.713. The Labute approximate surface area is 154 Å². The molecule has 1 aliphatic rings. The van der Waals surface area contributed by atoms with Gasteiger partial charge in [-0.3, -0.25) is 4.79 Å². The molecule has 1 saturated heterocycles. The van der Waals surface area contributed by atoms with Crippen LogP contribution in [0.25, 0.3) is 6.08 Å². The molecule has 1 fully saturated rings. The highest BCUT2D eigenvalue weighted by Gasteiger charge is 2.21. The van der Waals surface area contributed by atoms with Crippen LogP contribution < -0.4 is 4.90 Å². The number of amides is 1. The van der Waals surface area contributed by atoms with E-state index in [1.807, 2.05) is 25.1 Å². The van der Waals surface area contributed by atoms with Crippen LogP contribution in [0.15, 0.2) is 53.2 Å².